The van der Waals surface area contributed by atoms with Gasteiger partial charge in [-0.15, -0.1) is 0 Å². The molecule has 0 amide bonds. The van der Waals surface area contributed by atoms with Crippen molar-refractivity contribution in [2.75, 3.05) is 7.05 Å². The first-order valence-electron chi connectivity index (χ1n) is 6.11. The van der Waals surface area contributed by atoms with Crippen molar-refractivity contribution in [1.29, 1.82) is 0 Å². The molecule has 0 radical (unpaired) electrons. The van der Waals surface area contributed by atoms with Crippen LogP contribution in [0.15, 0.2) is 30.3 Å². The van der Waals surface area contributed by atoms with Crippen LogP contribution in [0.4, 0.5) is 4.39 Å². The molecule has 3 nitrogen and oxygen atoms in total. The van der Waals surface area contributed by atoms with Gasteiger partial charge in [0.15, 0.2) is 0 Å². The van der Waals surface area contributed by atoms with Crippen molar-refractivity contribution in [2.45, 2.75) is 19.4 Å². The molecular formula is C14H18FN3. The van der Waals surface area contributed by atoms with E-state index < -0.39 is 0 Å². The van der Waals surface area contributed by atoms with Gasteiger partial charge in [0.1, 0.15) is 5.82 Å². The number of nitrogens with zero attached hydrogens (tertiary/aromatic N) is 2. The van der Waals surface area contributed by atoms with E-state index in [0.717, 1.165) is 17.8 Å². The zero-order chi connectivity index (χ0) is 13.1. The van der Waals surface area contributed by atoms with E-state index in [1.807, 2.05) is 30.9 Å². The van der Waals surface area contributed by atoms with Crippen LogP contribution >= 0.6 is 0 Å². The van der Waals surface area contributed by atoms with Crippen molar-refractivity contribution in [2.24, 2.45) is 7.05 Å². The van der Waals surface area contributed by atoms with Crippen molar-refractivity contribution in [3.05, 3.63) is 53.1 Å². The lowest BCUT2D eigenvalue weighted by Crippen LogP contribution is -2.21. The number of aryl methyl sites for hydroxylation is 2. The number of rotatable bonds is 4. The molecule has 1 atom stereocenters. The molecule has 0 spiro atoms. The first-order valence-corrected chi connectivity index (χ1v) is 6.11. The molecule has 18 heavy (non-hydrogen) atoms. The van der Waals surface area contributed by atoms with Crippen LogP contribution in [0, 0.1) is 5.82 Å². The topological polar surface area (TPSA) is 29.9 Å². The predicted molar refractivity (Wildman–Crippen MR) is 69.9 cm³/mol. The Morgan fingerprint density at radius 3 is 2.67 bits per heavy atom. The maximum absolute atomic E-state index is 13.9. The Morgan fingerprint density at radius 1 is 1.39 bits per heavy atom. The highest BCUT2D eigenvalue weighted by Gasteiger charge is 2.19. The summed E-state index contributed by atoms with van der Waals surface area (Å²) in [5.74, 6) is -0.198. The SMILES string of the molecule is CCc1cc(C(NC)c2ccccc2F)n(C)n1. The molecule has 0 fully saturated rings. The van der Waals surface area contributed by atoms with E-state index in [1.54, 1.807) is 12.1 Å². The monoisotopic (exact) mass is 247 g/mol. The molecule has 0 saturated heterocycles. The second kappa shape index (κ2) is 5.31. The van der Waals surface area contributed by atoms with E-state index >= 15 is 0 Å². The fourth-order valence-electron chi connectivity index (χ4n) is 2.16. The maximum Gasteiger partial charge on any atom is 0.128 e. The van der Waals surface area contributed by atoms with Gasteiger partial charge < -0.3 is 5.32 Å². The Morgan fingerprint density at radius 2 is 2.11 bits per heavy atom. The van der Waals surface area contributed by atoms with Gasteiger partial charge in [0.05, 0.1) is 17.4 Å². The van der Waals surface area contributed by atoms with E-state index in [9.17, 15) is 4.39 Å². The average Bonchev–Trinajstić information content (AvgIpc) is 2.74. The fourth-order valence-corrected chi connectivity index (χ4v) is 2.16. The van der Waals surface area contributed by atoms with Crippen LogP contribution in [-0.4, -0.2) is 16.8 Å². The minimum Gasteiger partial charge on any atom is -0.308 e. The fraction of sp³-hybridized carbons (Fsp3) is 0.357. The molecule has 0 bridgehead atoms. The van der Waals surface area contributed by atoms with Crippen molar-refractivity contribution >= 4 is 0 Å². The number of nitrogens with one attached hydrogen (secondary N) is 1. The predicted octanol–water partition coefficient (Wildman–Crippen LogP) is 2.43. The van der Waals surface area contributed by atoms with Gasteiger partial charge in [-0.3, -0.25) is 4.68 Å². The minimum atomic E-state index is -0.198. The van der Waals surface area contributed by atoms with E-state index in [2.05, 4.69) is 17.3 Å². The van der Waals surface area contributed by atoms with Gasteiger partial charge in [0, 0.05) is 12.6 Å². The first-order chi connectivity index (χ1) is 8.67. The summed E-state index contributed by atoms with van der Waals surface area (Å²) in [6.45, 7) is 2.06. The molecule has 2 rings (SSSR count). The molecule has 1 aromatic heterocycles. The summed E-state index contributed by atoms with van der Waals surface area (Å²) in [6, 6.07) is 8.68. The van der Waals surface area contributed by atoms with Crippen molar-refractivity contribution in [3.8, 4) is 0 Å². The van der Waals surface area contributed by atoms with Gasteiger partial charge in [-0.25, -0.2) is 4.39 Å². The van der Waals surface area contributed by atoms with Gasteiger partial charge in [-0.1, -0.05) is 25.1 Å². The molecule has 1 aromatic carbocycles. The number of hydrogen-bond donors (Lipinski definition) is 1. The Labute approximate surface area is 107 Å². The van der Waals surface area contributed by atoms with Gasteiger partial charge in [-0.05, 0) is 25.6 Å². The van der Waals surface area contributed by atoms with Gasteiger partial charge in [0.2, 0.25) is 0 Å². The molecule has 0 saturated carbocycles. The maximum atomic E-state index is 13.9. The summed E-state index contributed by atoms with van der Waals surface area (Å²) in [7, 11) is 3.72. The normalized spacial score (nSPS) is 12.7. The van der Waals surface area contributed by atoms with Crippen molar-refractivity contribution < 1.29 is 4.39 Å². The number of halogens is 1. The Bertz CT molecular complexity index is 534. The Kier molecular flexibility index (Phi) is 3.77. The zero-order valence-corrected chi connectivity index (χ0v) is 10.9. The highest BCUT2D eigenvalue weighted by molar-refractivity contribution is 5.30. The summed E-state index contributed by atoms with van der Waals surface area (Å²) < 4.78 is 15.7. The Hall–Kier alpha value is -1.68. The number of aromatic nitrogens is 2. The molecule has 1 heterocycles. The van der Waals surface area contributed by atoms with E-state index in [1.165, 1.54) is 6.07 Å². The highest BCUT2D eigenvalue weighted by atomic mass is 19.1. The molecule has 0 aliphatic rings. The molecule has 0 aliphatic carbocycles. The average molecular weight is 247 g/mol. The number of benzene rings is 1. The second-order valence-electron chi connectivity index (χ2n) is 4.28. The van der Waals surface area contributed by atoms with E-state index in [-0.39, 0.29) is 11.9 Å². The second-order valence-corrected chi connectivity index (χ2v) is 4.28. The molecule has 2 aromatic rings. The summed E-state index contributed by atoms with van der Waals surface area (Å²) in [4.78, 5) is 0. The molecule has 1 unspecified atom stereocenters. The lowest BCUT2D eigenvalue weighted by molar-refractivity contribution is 0.551. The lowest BCUT2D eigenvalue weighted by atomic mass is 10.0. The molecule has 1 N–H and O–H groups in total. The summed E-state index contributed by atoms with van der Waals surface area (Å²) in [5, 5.41) is 7.56. The largest absolute Gasteiger partial charge is 0.308 e. The van der Waals surface area contributed by atoms with Crippen LogP contribution < -0.4 is 5.32 Å². The van der Waals surface area contributed by atoms with Gasteiger partial charge in [0.25, 0.3) is 0 Å². The van der Waals surface area contributed by atoms with Crippen LogP contribution in [0.2, 0.25) is 0 Å². The zero-order valence-electron chi connectivity index (χ0n) is 10.9. The third-order valence-corrected chi connectivity index (χ3v) is 3.13. The van der Waals surface area contributed by atoms with Crippen LogP contribution in [0.5, 0.6) is 0 Å². The minimum absolute atomic E-state index is 0.177. The number of hydrogen-bond acceptors (Lipinski definition) is 2. The van der Waals surface area contributed by atoms with Gasteiger partial charge >= 0.3 is 0 Å². The first kappa shape index (κ1) is 12.8. The van der Waals surface area contributed by atoms with Crippen molar-refractivity contribution in [1.82, 2.24) is 15.1 Å². The van der Waals surface area contributed by atoms with Crippen LogP contribution in [0.3, 0.4) is 0 Å². The molecule has 4 heteroatoms. The van der Waals surface area contributed by atoms with Crippen LogP contribution in [0.25, 0.3) is 0 Å². The summed E-state index contributed by atoms with van der Waals surface area (Å²) in [5.41, 5.74) is 2.63. The molecule has 0 aliphatic heterocycles. The van der Waals surface area contributed by atoms with E-state index in [4.69, 9.17) is 0 Å². The Balaban J connectivity index is 2.45. The molecule has 96 valence electrons. The highest BCUT2D eigenvalue weighted by Crippen LogP contribution is 2.24. The van der Waals surface area contributed by atoms with E-state index in [0.29, 0.717) is 5.56 Å². The standard InChI is InChI=1S/C14H18FN3/c1-4-10-9-13(18(3)17-10)14(16-2)11-7-5-6-8-12(11)15/h5-9,14,16H,4H2,1-3H3. The smallest absolute Gasteiger partial charge is 0.128 e. The van der Waals surface area contributed by atoms with Gasteiger partial charge in [-0.2, -0.15) is 5.10 Å². The molecular weight excluding hydrogens is 229 g/mol. The third-order valence-electron chi connectivity index (χ3n) is 3.13. The quantitative estimate of drug-likeness (QED) is 0.899. The van der Waals surface area contributed by atoms with Crippen molar-refractivity contribution in [3.63, 3.8) is 0 Å². The summed E-state index contributed by atoms with van der Waals surface area (Å²) >= 11 is 0. The van der Waals surface area contributed by atoms with Crippen LogP contribution in [0.1, 0.15) is 29.9 Å². The third kappa shape index (κ3) is 2.29. The summed E-state index contributed by atoms with van der Waals surface area (Å²) in [6.07, 6.45) is 0.877. The van der Waals surface area contributed by atoms with Crippen LogP contribution in [-0.2, 0) is 13.5 Å². The lowest BCUT2D eigenvalue weighted by Gasteiger charge is -2.17.